The lowest BCUT2D eigenvalue weighted by molar-refractivity contribution is -0.0870. The molecule has 0 bridgehead atoms. The van der Waals surface area contributed by atoms with Gasteiger partial charge in [0.15, 0.2) is 0 Å². The lowest BCUT2D eigenvalue weighted by Gasteiger charge is -2.39. The van der Waals surface area contributed by atoms with Crippen molar-refractivity contribution in [3.05, 3.63) is 35.4 Å². The van der Waals surface area contributed by atoms with E-state index in [0.29, 0.717) is 18.7 Å². The van der Waals surface area contributed by atoms with Gasteiger partial charge in [-0.15, -0.1) is 0 Å². The van der Waals surface area contributed by atoms with E-state index in [-0.39, 0.29) is 5.60 Å². The van der Waals surface area contributed by atoms with Crippen molar-refractivity contribution in [1.82, 2.24) is 4.90 Å². The van der Waals surface area contributed by atoms with Crippen LogP contribution in [0.5, 0.6) is 0 Å². The molecule has 0 saturated carbocycles. The van der Waals surface area contributed by atoms with Crippen LogP contribution in [0.25, 0.3) is 0 Å². The Hall–Kier alpha value is -1.04. The molecule has 19 heavy (non-hydrogen) atoms. The smallest absolute Gasteiger partial charge is 0.130 e. The standard InChI is InChI=1S/C14H20F2N2O/c1-14(2)9-18(5-6-19-14)8-13(17)11-4-3-10(15)7-12(11)16/h3-4,7,13H,5-6,8-9,17H2,1-2H3. The van der Waals surface area contributed by atoms with E-state index >= 15 is 0 Å². The van der Waals surface area contributed by atoms with E-state index in [1.165, 1.54) is 12.1 Å². The lowest BCUT2D eigenvalue weighted by atomic mass is 10.0. The number of halogens is 2. The minimum Gasteiger partial charge on any atom is -0.373 e. The molecule has 1 heterocycles. The molecule has 0 spiro atoms. The van der Waals surface area contributed by atoms with E-state index in [9.17, 15) is 8.78 Å². The van der Waals surface area contributed by atoms with Gasteiger partial charge >= 0.3 is 0 Å². The largest absolute Gasteiger partial charge is 0.373 e. The summed E-state index contributed by atoms with van der Waals surface area (Å²) in [5.41, 5.74) is 6.16. The van der Waals surface area contributed by atoms with Crippen molar-refractivity contribution in [2.75, 3.05) is 26.2 Å². The Balaban J connectivity index is 2.02. The van der Waals surface area contributed by atoms with E-state index in [0.717, 1.165) is 19.2 Å². The fraction of sp³-hybridized carbons (Fsp3) is 0.571. The first-order valence-corrected chi connectivity index (χ1v) is 6.44. The summed E-state index contributed by atoms with van der Waals surface area (Å²) in [6, 6.07) is 3.07. The maximum atomic E-state index is 13.6. The number of nitrogens with two attached hydrogens (primary N) is 1. The predicted molar refractivity (Wildman–Crippen MR) is 69.8 cm³/mol. The number of rotatable bonds is 3. The molecule has 1 aliphatic heterocycles. The van der Waals surface area contributed by atoms with E-state index < -0.39 is 17.7 Å². The molecule has 3 nitrogen and oxygen atoms in total. The van der Waals surface area contributed by atoms with Crippen molar-refractivity contribution >= 4 is 0 Å². The summed E-state index contributed by atoms with van der Waals surface area (Å²) in [6.07, 6.45) is 0. The van der Waals surface area contributed by atoms with Gasteiger partial charge in [0, 0.05) is 37.3 Å². The van der Waals surface area contributed by atoms with Gasteiger partial charge in [-0.2, -0.15) is 0 Å². The molecule has 1 unspecified atom stereocenters. The SMILES string of the molecule is CC1(C)CN(CC(N)c2ccc(F)cc2F)CCO1. The number of ether oxygens (including phenoxy) is 1. The topological polar surface area (TPSA) is 38.5 Å². The fourth-order valence-electron chi connectivity index (χ4n) is 2.45. The number of benzene rings is 1. The Bertz CT molecular complexity index is 451. The van der Waals surface area contributed by atoms with Crippen molar-refractivity contribution in [2.45, 2.75) is 25.5 Å². The highest BCUT2D eigenvalue weighted by Gasteiger charge is 2.28. The first-order valence-electron chi connectivity index (χ1n) is 6.44. The second-order valence-electron chi connectivity index (χ2n) is 5.62. The van der Waals surface area contributed by atoms with E-state index in [2.05, 4.69) is 4.90 Å². The zero-order chi connectivity index (χ0) is 14.0. The molecule has 0 aromatic heterocycles. The Labute approximate surface area is 112 Å². The normalized spacial score (nSPS) is 21.3. The quantitative estimate of drug-likeness (QED) is 0.914. The molecule has 2 rings (SSSR count). The third-order valence-electron chi connectivity index (χ3n) is 3.32. The monoisotopic (exact) mass is 270 g/mol. The molecular formula is C14H20F2N2O. The van der Waals surface area contributed by atoms with Gasteiger partial charge in [-0.1, -0.05) is 6.07 Å². The lowest BCUT2D eigenvalue weighted by Crippen LogP contribution is -2.50. The van der Waals surface area contributed by atoms with Gasteiger partial charge in [0.1, 0.15) is 11.6 Å². The minimum absolute atomic E-state index is 0.209. The van der Waals surface area contributed by atoms with Crippen LogP contribution >= 0.6 is 0 Å². The summed E-state index contributed by atoms with van der Waals surface area (Å²) in [5.74, 6) is -1.17. The summed E-state index contributed by atoms with van der Waals surface area (Å²) in [5, 5.41) is 0. The average molecular weight is 270 g/mol. The first-order chi connectivity index (χ1) is 8.87. The highest BCUT2D eigenvalue weighted by Crippen LogP contribution is 2.21. The average Bonchev–Trinajstić information content (AvgIpc) is 2.27. The molecule has 1 aromatic rings. The Morgan fingerprint density at radius 2 is 2.16 bits per heavy atom. The molecule has 1 aliphatic rings. The first kappa shape index (κ1) is 14.4. The highest BCUT2D eigenvalue weighted by atomic mass is 19.1. The second kappa shape index (κ2) is 5.53. The van der Waals surface area contributed by atoms with Crippen LogP contribution in [-0.4, -0.2) is 36.7 Å². The van der Waals surface area contributed by atoms with Crippen molar-refractivity contribution in [2.24, 2.45) is 5.73 Å². The van der Waals surface area contributed by atoms with Crippen LogP contribution in [-0.2, 0) is 4.74 Å². The van der Waals surface area contributed by atoms with Crippen molar-refractivity contribution < 1.29 is 13.5 Å². The van der Waals surface area contributed by atoms with Gasteiger partial charge in [-0.3, -0.25) is 4.90 Å². The molecule has 0 amide bonds. The number of nitrogens with zero attached hydrogens (tertiary/aromatic N) is 1. The van der Waals surface area contributed by atoms with Crippen molar-refractivity contribution in [3.63, 3.8) is 0 Å². The molecule has 1 saturated heterocycles. The number of hydrogen-bond acceptors (Lipinski definition) is 3. The summed E-state index contributed by atoms with van der Waals surface area (Å²) < 4.78 is 32.1. The molecular weight excluding hydrogens is 250 g/mol. The van der Waals surface area contributed by atoms with Gasteiger partial charge in [0.25, 0.3) is 0 Å². The summed E-state index contributed by atoms with van der Waals surface area (Å²) in [7, 11) is 0. The van der Waals surface area contributed by atoms with Crippen LogP contribution in [0, 0.1) is 11.6 Å². The molecule has 5 heteroatoms. The number of hydrogen-bond donors (Lipinski definition) is 1. The van der Waals surface area contributed by atoms with E-state index in [1.807, 2.05) is 13.8 Å². The molecule has 1 fully saturated rings. The van der Waals surface area contributed by atoms with Crippen LogP contribution in [0.4, 0.5) is 8.78 Å². The third kappa shape index (κ3) is 3.72. The second-order valence-corrected chi connectivity index (χ2v) is 5.62. The Kier molecular flexibility index (Phi) is 4.18. The van der Waals surface area contributed by atoms with Gasteiger partial charge < -0.3 is 10.5 Å². The summed E-state index contributed by atoms with van der Waals surface area (Å²) in [4.78, 5) is 2.15. The van der Waals surface area contributed by atoms with Gasteiger partial charge in [-0.25, -0.2) is 8.78 Å². The van der Waals surface area contributed by atoms with Crippen molar-refractivity contribution in [1.29, 1.82) is 0 Å². The molecule has 1 aromatic carbocycles. The fourth-order valence-corrected chi connectivity index (χ4v) is 2.45. The molecule has 2 N–H and O–H groups in total. The highest BCUT2D eigenvalue weighted by molar-refractivity contribution is 5.22. The molecule has 0 aliphatic carbocycles. The zero-order valence-electron chi connectivity index (χ0n) is 11.3. The number of morpholine rings is 1. The van der Waals surface area contributed by atoms with Gasteiger partial charge in [0.2, 0.25) is 0 Å². The maximum Gasteiger partial charge on any atom is 0.130 e. The Morgan fingerprint density at radius 1 is 1.42 bits per heavy atom. The van der Waals surface area contributed by atoms with Crippen LogP contribution in [0.3, 0.4) is 0 Å². The van der Waals surface area contributed by atoms with Crippen LogP contribution in [0.1, 0.15) is 25.5 Å². The van der Waals surface area contributed by atoms with E-state index in [1.54, 1.807) is 0 Å². The van der Waals surface area contributed by atoms with Crippen LogP contribution in [0.2, 0.25) is 0 Å². The zero-order valence-corrected chi connectivity index (χ0v) is 11.3. The molecule has 1 atom stereocenters. The minimum atomic E-state index is -0.583. The maximum absolute atomic E-state index is 13.6. The van der Waals surface area contributed by atoms with Gasteiger partial charge in [0.05, 0.1) is 12.2 Å². The van der Waals surface area contributed by atoms with Gasteiger partial charge in [-0.05, 0) is 19.9 Å². The molecule has 0 radical (unpaired) electrons. The summed E-state index contributed by atoms with van der Waals surface area (Å²) in [6.45, 7) is 6.75. The van der Waals surface area contributed by atoms with Crippen LogP contribution < -0.4 is 5.73 Å². The molecule has 106 valence electrons. The predicted octanol–water partition coefficient (Wildman–Crippen LogP) is 2.08. The Morgan fingerprint density at radius 3 is 2.79 bits per heavy atom. The van der Waals surface area contributed by atoms with Crippen molar-refractivity contribution in [3.8, 4) is 0 Å². The summed E-state index contributed by atoms with van der Waals surface area (Å²) >= 11 is 0. The van der Waals surface area contributed by atoms with E-state index in [4.69, 9.17) is 10.5 Å². The van der Waals surface area contributed by atoms with Crippen LogP contribution in [0.15, 0.2) is 18.2 Å². The third-order valence-corrected chi connectivity index (χ3v) is 3.32.